The first kappa shape index (κ1) is 16.1. The molecule has 4 heteroatoms. The molecule has 2 unspecified atom stereocenters. The quantitative estimate of drug-likeness (QED) is 0.890. The minimum Gasteiger partial charge on any atom is -0.349 e. The summed E-state index contributed by atoms with van der Waals surface area (Å²) in [6.45, 7) is 3.74. The number of fused-ring (bicyclic) bond motifs is 2. The molecular formula is C20H29FN2O. The molecule has 1 aromatic carbocycles. The van der Waals surface area contributed by atoms with Gasteiger partial charge in [-0.15, -0.1) is 0 Å². The van der Waals surface area contributed by atoms with Crippen molar-refractivity contribution in [2.45, 2.75) is 69.4 Å². The van der Waals surface area contributed by atoms with Gasteiger partial charge in [0.2, 0.25) is 5.91 Å². The predicted octanol–water partition coefficient (Wildman–Crippen LogP) is 3.93. The molecule has 0 radical (unpaired) electrons. The Hall–Kier alpha value is -1.42. The largest absolute Gasteiger partial charge is 0.349 e. The van der Waals surface area contributed by atoms with Crippen molar-refractivity contribution in [1.29, 1.82) is 0 Å². The SMILES string of the molecule is CC(=O)NC1CC2(CCN(C3CCCCC3)C2)c2ccc(F)cc21.[HH]. The molecule has 1 N–H and O–H groups in total. The van der Waals surface area contributed by atoms with Crippen molar-refractivity contribution in [2.75, 3.05) is 13.1 Å². The van der Waals surface area contributed by atoms with Crippen LogP contribution in [0.25, 0.3) is 0 Å². The van der Waals surface area contributed by atoms with Crippen LogP contribution < -0.4 is 5.32 Å². The molecule has 2 aliphatic carbocycles. The van der Waals surface area contributed by atoms with E-state index < -0.39 is 0 Å². The molecular weight excluding hydrogens is 303 g/mol. The maximum absolute atomic E-state index is 13.8. The molecule has 24 heavy (non-hydrogen) atoms. The topological polar surface area (TPSA) is 32.3 Å². The van der Waals surface area contributed by atoms with Crippen molar-refractivity contribution < 1.29 is 10.6 Å². The van der Waals surface area contributed by atoms with Gasteiger partial charge in [0.15, 0.2) is 0 Å². The minimum absolute atomic E-state index is 0. The van der Waals surface area contributed by atoms with Gasteiger partial charge in [-0.25, -0.2) is 4.39 Å². The molecule has 4 rings (SSSR count). The van der Waals surface area contributed by atoms with Gasteiger partial charge in [0, 0.05) is 26.4 Å². The summed E-state index contributed by atoms with van der Waals surface area (Å²) in [5.74, 6) is -0.238. The summed E-state index contributed by atoms with van der Waals surface area (Å²) in [4.78, 5) is 14.3. The number of likely N-dealkylation sites (tertiary alicyclic amines) is 1. The smallest absolute Gasteiger partial charge is 0.217 e. The number of benzene rings is 1. The highest BCUT2D eigenvalue weighted by molar-refractivity contribution is 5.74. The molecule has 3 aliphatic rings. The third-order valence-electron chi connectivity index (χ3n) is 6.41. The van der Waals surface area contributed by atoms with E-state index in [9.17, 15) is 9.18 Å². The third-order valence-corrected chi connectivity index (χ3v) is 6.41. The zero-order valence-corrected chi connectivity index (χ0v) is 14.5. The molecule has 2 atom stereocenters. The van der Waals surface area contributed by atoms with Gasteiger partial charge in [-0.2, -0.15) is 0 Å². The number of carbonyl (C=O) groups excluding carboxylic acids is 1. The van der Waals surface area contributed by atoms with Gasteiger partial charge in [-0.05, 0) is 55.5 Å². The van der Waals surface area contributed by atoms with E-state index in [2.05, 4.69) is 10.2 Å². The molecule has 1 spiro atoms. The molecule has 1 aromatic rings. The summed E-state index contributed by atoms with van der Waals surface area (Å²) in [5, 5.41) is 3.05. The average Bonchev–Trinajstić information content (AvgIpc) is 3.11. The van der Waals surface area contributed by atoms with Crippen molar-refractivity contribution >= 4 is 5.91 Å². The monoisotopic (exact) mass is 332 g/mol. The van der Waals surface area contributed by atoms with Crippen LogP contribution in [0.5, 0.6) is 0 Å². The number of carbonyl (C=O) groups is 1. The van der Waals surface area contributed by atoms with Gasteiger partial charge in [-0.1, -0.05) is 25.3 Å². The van der Waals surface area contributed by atoms with E-state index in [1.807, 2.05) is 6.07 Å². The fourth-order valence-corrected chi connectivity index (χ4v) is 5.34. The average molecular weight is 332 g/mol. The maximum atomic E-state index is 13.8. The molecule has 1 aliphatic heterocycles. The van der Waals surface area contributed by atoms with Crippen molar-refractivity contribution in [2.24, 2.45) is 0 Å². The fourth-order valence-electron chi connectivity index (χ4n) is 5.34. The van der Waals surface area contributed by atoms with Crippen molar-refractivity contribution in [3.8, 4) is 0 Å². The molecule has 1 heterocycles. The summed E-state index contributed by atoms with van der Waals surface area (Å²) in [6, 6.07) is 5.87. The van der Waals surface area contributed by atoms with Gasteiger partial charge in [-0.3, -0.25) is 9.69 Å². The summed E-state index contributed by atoms with van der Waals surface area (Å²) in [7, 11) is 0. The predicted molar refractivity (Wildman–Crippen MR) is 94.4 cm³/mol. The second-order valence-electron chi connectivity index (χ2n) is 7.98. The number of hydrogen-bond donors (Lipinski definition) is 1. The summed E-state index contributed by atoms with van der Waals surface area (Å²) in [5.41, 5.74) is 2.35. The molecule has 2 fully saturated rings. The molecule has 3 nitrogen and oxygen atoms in total. The van der Waals surface area contributed by atoms with Gasteiger partial charge in [0.1, 0.15) is 5.82 Å². The summed E-state index contributed by atoms with van der Waals surface area (Å²) < 4.78 is 13.8. The molecule has 0 bridgehead atoms. The minimum atomic E-state index is -0.205. The first-order valence-corrected chi connectivity index (χ1v) is 9.38. The van der Waals surface area contributed by atoms with E-state index in [-0.39, 0.29) is 24.6 Å². The van der Waals surface area contributed by atoms with Crippen LogP contribution in [0.3, 0.4) is 0 Å². The standard InChI is InChI=1S/C20H27FN2O.H2/c1-14(24)22-19-12-20(18-8-7-15(21)11-17(18)19)9-10-23(13-20)16-5-3-2-4-6-16;/h7-8,11,16,19H,2-6,9-10,12-13H2,1H3,(H,22,24);1H. The Kier molecular flexibility index (Phi) is 4.11. The Labute approximate surface area is 145 Å². The lowest BCUT2D eigenvalue weighted by molar-refractivity contribution is -0.119. The van der Waals surface area contributed by atoms with E-state index in [4.69, 9.17) is 0 Å². The maximum Gasteiger partial charge on any atom is 0.217 e. The fraction of sp³-hybridized carbons (Fsp3) is 0.650. The van der Waals surface area contributed by atoms with Gasteiger partial charge in [0.25, 0.3) is 0 Å². The van der Waals surface area contributed by atoms with Crippen LogP contribution in [0.4, 0.5) is 4.39 Å². The molecule has 0 aromatic heterocycles. The van der Waals surface area contributed by atoms with Gasteiger partial charge < -0.3 is 5.32 Å². The number of halogens is 1. The Bertz CT molecular complexity index is 647. The Balaban J connectivity index is 0.00000182. The lowest BCUT2D eigenvalue weighted by Crippen LogP contribution is -2.38. The lowest BCUT2D eigenvalue weighted by atomic mass is 9.81. The van der Waals surface area contributed by atoms with Gasteiger partial charge in [0.05, 0.1) is 6.04 Å². The number of amides is 1. The van der Waals surface area contributed by atoms with Crippen LogP contribution in [-0.2, 0) is 10.2 Å². The van der Waals surface area contributed by atoms with Crippen LogP contribution in [-0.4, -0.2) is 29.9 Å². The zero-order chi connectivity index (χ0) is 16.7. The summed E-state index contributed by atoms with van der Waals surface area (Å²) >= 11 is 0. The highest BCUT2D eigenvalue weighted by atomic mass is 19.1. The highest BCUT2D eigenvalue weighted by Crippen LogP contribution is 2.51. The van der Waals surface area contributed by atoms with Crippen molar-refractivity contribution in [1.82, 2.24) is 10.2 Å². The van der Waals surface area contributed by atoms with Crippen LogP contribution in [0.2, 0.25) is 0 Å². The van der Waals surface area contributed by atoms with E-state index in [1.54, 1.807) is 19.1 Å². The molecule has 1 saturated carbocycles. The van der Waals surface area contributed by atoms with Crippen molar-refractivity contribution in [3.05, 3.63) is 35.1 Å². The van der Waals surface area contributed by atoms with E-state index in [0.717, 1.165) is 37.5 Å². The Morgan fingerprint density at radius 3 is 2.88 bits per heavy atom. The molecule has 1 saturated heterocycles. The molecule has 132 valence electrons. The zero-order valence-electron chi connectivity index (χ0n) is 14.5. The second kappa shape index (κ2) is 6.14. The first-order valence-electron chi connectivity index (χ1n) is 9.38. The Morgan fingerprint density at radius 2 is 2.12 bits per heavy atom. The third kappa shape index (κ3) is 2.75. The van der Waals surface area contributed by atoms with Crippen LogP contribution in [0, 0.1) is 5.82 Å². The number of nitrogens with one attached hydrogen (secondary N) is 1. The first-order chi connectivity index (χ1) is 11.6. The lowest BCUT2D eigenvalue weighted by Gasteiger charge is -2.33. The number of nitrogens with zero attached hydrogens (tertiary/aromatic N) is 1. The van der Waals surface area contributed by atoms with Crippen LogP contribution >= 0.6 is 0 Å². The number of rotatable bonds is 2. The second-order valence-corrected chi connectivity index (χ2v) is 7.98. The van der Waals surface area contributed by atoms with E-state index >= 15 is 0 Å². The highest BCUT2D eigenvalue weighted by Gasteiger charge is 2.49. The Morgan fingerprint density at radius 1 is 1.33 bits per heavy atom. The van der Waals surface area contributed by atoms with Crippen LogP contribution in [0.1, 0.15) is 70.5 Å². The number of hydrogen-bond acceptors (Lipinski definition) is 2. The summed E-state index contributed by atoms with van der Waals surface area (Å²) in [6.07, 6.45) is 8.76. The molecule has 1 amide bonds. The van der Waals surface area contributed by atoms with E-state index in [0.29, 0.717) is 0 Å². The van der Waals surface area contributed by atoms with Crippen molar-refractivity contribution in [3.63, 3.8) is 0 Å². The van der Waals surface area contributed by atoms with Gasteiger partial charge >= 0.3 is 0 Å². The normalized spacial score (nSPS) is 30.7. The van der Waals surface area contributed by atoms with E-state index in [1.165, 1.54) is 37.7 Å². The van der Waals surface area contributed by atoms with Crippen LogP contribution in [0.15, 0.2) is 18.2 Å².